The minimum atomic E-state index is -2.01. The maximum atomic E-state index is 11.2. The maximum Gasteiger partial charge on any atom is 0.383 e. The molecule has 0 aliphatic heterocycles. The molecule has 0 atom stereocenters. The van der Waals surface area contributed by atoms with E-state index in [1.54, 1.807) is 0 Å². The third kappa shape index (κ3) is 2.24. The van der Waals surface area contributed by atoms with Gasteiger partial charge in [-0.25, -0.2) is 4.79 Å². The van der Waals surface area contributed by atoms with Gasteiger partial charge in [-0.3, -0.25) is 4.79 Å². The van der Waals surface area contributed by atoms with E-state index in [0.717, 1.165) is 7.11 Å². The highest BCUT2D eigenvalue weighted by Gasteiger charge is 2.44. The van der Waals surface area contributed by atoms with Crippen molar-refractivity contribution >= 4 is 11.8 Å². The van der Waals surface area contributed by atoms with E-state index in [4.69, 9.17) is 0 Å². The van der Waals surface area contributed by atoms with Crippen LogP contribution in [0.5, 0.6) is 0 Å². The van der Waals surface area contributed by atoms with Crippen LogP contribution >= 0.6 is 0 Å². The van der Waals surface area contributed by atoms with Crippen LogP contribution in [0, 0.1) is 0 Å². The molecule has 0 aromatic carbocycles. The molecule has 0 N–H and O–H groups in total. The molecule has 0 heterocycles. The van der Waals surface area contributed by atoms with E-state index in [-0.39, 0.29) is 0 Å². The molecule has 0 bridgehead atoms. The van der Waals surface area contributed by atoms with Crippen LogP contribution in [0.3, 0.4) is 0 Å². The fourth-order valence-corrected chi connectivity index (χ4v) is 0.746. The molecule has 0 spiro atoms. The third-order valence-electron chi connectivity index (χ3n) is 1.46. The van der Waals surface area contributed by atoms with Crippen LogP contribution in [-0.2, 0) is 28.5 Å². The van der Waals surface area contributed by atoms with E-state index < -0.39 is 17.7 Å². The quantitative estimate of drug-likeness (QED) is 0.326. The second kappa shape index (κ2) is 4.90. The normalized spacial score (nSPS) is 11.1. The monoisotopic (exact) mass is 192 g/mol. The summed E-state index contributed by atoms with van der Waals surface area (Å²) in [4.78, 5) is 22.1. The van der Waals surface area contributed by atoms with Gasteiger partial charge in [0.05, 0.1) is 7.11 Å². The fourth-order valence-electron chi connectivity index (χ4n) is 0.746. The number of rotatable bonds is 5. The number of carbonyl (C=O) groups excluding carboxylic acids is 2. The smallest absolute Gasteiger partial charge is 0.383 e. The summed E-state index contributed by atoms with van der Waals surface area (Å²) in [6, 6.07) is 0. The molecular formula is C7H12O6. The number of hydrogen-bond acceptors (Lipinski definition) is 6. The van der Waals surface area contributed by atoms with Crippen LogP contribution in [-0.4, -0.2) is 46.2 Å². The highest BCUT2D eigenvalue weighted by molar-refractivity contribution is 6.36. The van der Waals surface area contributed by atoms with Gasteiger partial charge in [-0.1, -0.05) is 0 Å². The van der Waals surface area contributed by atoms with Gasteiger partial charge in [0.1, 0.15) is 0 Å². The number of ketones is 1. The van der Waals surface area contributed by atoms with Crippen molar-refractivity contribution in [1.82, 2.24) is 0 Å². The number of Topliss-reactive ketones (excluding diaryl/α,β-unsaturated/α-hetero) is 1. The topological polar surface area (TPSA) is 71.1 Å². The Hall–Kier alpha value is -0.980. The number of methoxy groups -OCH3 is 4. The number of carbonyl (C=O) groups is 2. The lowest BCUT2D eigenvalue weighted by Gasteiger charge is -2.25. The number of hydrogen-bond donors (Lipinski definition) is 0. The van der Waals surface area contributed by atoms with E-state index in [9.17, 15) is 9.59 Å². The second-order valence-corrected chi connectivity index (χ2v) is 1.99. The summed E-state index contributed by atoms with van der Waals surface area (Å²) < 4.78 is 18.1. The summed E-state index contributed by atoms with van der Waals surface area (Å²) in [5.41, 5.74) is 0. The molecular weight excluding hydrogens is 180 g/mol. The van der Waals surface area contributed by atoms with Gasteiger partial charge in [0.15, 0.2) is 0 Å². The van der Waals surface area contributed by atoms with Crippen LogP contribution in [0.25, 0.3) is 0 Å². The van der Waals surface area contributed by atoms with Crippen LogP contribution in [0.4, 0.5) is 0 Å². The van der Waals surface area contributed by atoms with E-state index >= 15 is 0 Å². The Morgan fingerprint density at radius 3 is 1.54 bits per heavy atom. The standard InChI is InChI=1S/C7H12O6/c1-10-6(9)5(8)7(11-2,12-3)13-4/h1-4H3. The van der Waals surface area contributed by atoms with Crippen LogP contribution in [0.15, 0.2) is 0 Å². The minimum Gasteiger partial charge on any atom is -0.463 e. The largest absolute Gasteiger partial charge is 0.463 e. The van der Waals surface area contributed by atoms with Crippen LogP contribution < -0.4 is 0 Å². The SMILES string of the molecule is COC(=O)C(=O)C(OC)(OC)OC. The average Bonchev–Trinajstić information content (AvgIpc) is 2.20. The zero-order valence-electron chi connectivity index (χ0n) is 7.95. The number of esters is 1. The van der Waals surface area contributed by atoms with Crippen molar-refractivity contribution in [3.63, 3.8) is 0 Å². The Bertz CT molecular complexity index is 187. The molecule has 6 heteroatoms. The lowest BCUT2D eigenvalue weighted by atomic mass is 10.3. The van der Waals surface area contributed by atoms with Gasteiger partial charge in [0.2, 0.25) is 0 Å². The Morgan fingerprint density at radius 2 is 1.31 bits per heavy atom. The maximum absolute atomic E-state index is 11.2. The first kappa shape index (κ1) is 12.0. The zero-order chi connectivity index (χ0) is 10.5. The molecule has 0 saturated heterocycles. The second-order valence-electron chi connectivity index (χ2n) is 1.99. The molecule has 0 amide bonds. The Morgan fingerprint density at radius 1 is 0.923 bits per heavy atom. The summed E-state index contributed by atoms with van der Waals surface area (Å²) in [5, 5.41) is 0. The van der Waals surface area contributed by atoms with Gasteiger partial charge in [-0.05, 0) is 0 Å². The lowest BCUT2D eigenvalue weighted by molar-refractivity contribution is -0.324. The van der Waals surface area contributed by atoms with Crippen molar-refractivity contribution in [3.05, 3.63) is 0 Å². The first-order valence-electron chi connectivity index (χ1n) is 3.36. The summed E-state index contributed by atoms with van der Waals surface area (Å²) in [6.45, 7) is 0. The molecule has 0 unspecified atom stereocenters. The molecule has 0 aromatic rings. The fraction of sp³-hybridized carbons (Fsp3) is 0.714. The Kier molecular flexibility index (Phi) is 4.53. The van der Waals surface area contributed by atoms with E-state index in [1.165, 1.54) is 21.3 Å². The van der Waals surface area contributed by atoms with Crippen molar-refractivity contribution in [2.75, 3.05) is 28.4 Å². The molecule has 0 rings (SSSR count). The highest BCUT2D eigenvalue weighted by atomic mass is 16.9. The van der Waals surface area contributed by atoms with Gasteiger partial charge < -0.3 is 18.9 Å². The lowest BCUT2D eigenvalue weighted by Crippen LogP contribution is -2.48. The van der Waals surface area contributed by atoms with E-state index in [0.29, 0.717) is 0 Å². The van der Waals surface area contributed by atoms with Gasteiger partial charge in [0.25, 0.3) is 0 Å². The molecule has 0 fully saturated rings. The van der Waals surface area contributed by atoms with Gasteiger partial charge in [-0.15, -0.1) is 0 Å². The van der Waals surface area contributed by atoms with E-state index in [1.807, 2.05) is 0 Å². The third-order valence-corrected chi connectivity index (χ3v) is 1.46. The van der Waals surface area contributed by atoms with Crippen molar-refractivity contribution in [2.45, 2.75) is 5.97 Å². The van der Waals surface area contributed by atoms with Gasteiger partial charge in [-0.2, -0.15) is 0 Å². The minimum absolute atomic E-state index is 1.05. The molecule has 6 nitrogen and oxygen atoms in total. The average molecular weight is 192 g/mol. The summed E-state index contributed by atoms with van der Waals surface area (Å²) >= 11 is 0. The Balaban J connectivity index is 4.73. The molecule has 13 heavy (non-hydrogen) atoms. The molecule has 0 aliphatic carbocycles. The summed E-state index contributed by atoms with van der Waals surface area (Å²) in [6.07, 6.45) is 0. The van der Waals surface area contributed by atoms with Crippen molar-refractivity contribution < 1.29 is 28.5 Å². The summed E-state index contributed by atoms with van der Waals surface area (Å²) in [7, 11) is 4.60. The van der Waals surface area contributed by atoms with E-state index in [2.05, 4.69) is 18.9 Å². The first-order valence-corrected chi connectivity index (χ1v) is 3.36. The van der Waals surface area contributed by atoms with Crippen molar-refractivity contribution in [2.24, 2.45) is 0 Å². The summed E-state index contributed by atoms with van der Waals surface area (Å²) in [5.74, 6) is -4.15. The molecule has 0 radical (unpaired) electrons. The highest BCUT2D eigenvalue weighted by Crippen LogP contribution is 2.13. The zero-order valence-corrected chi connectivity index (χ0v) is 7.95. The van der Waals surface area contributed by atoms with Gasteiger partial charge in [0, 0.05) is 21.3 Å². The molecule has 0 saturated carbocycles. The first-order chi connectivity index (χ1) is 6.07. The molecule has 0 aromatic heterocycles. The van der Waals surface area contributed by atoms with Crippen molar-refractivity contribution in [3.8, 4) is 0 Å². The predicted molar refractivity (Wildman–Crippen MR) is 40.8 cm³/mol. The van der Waals surface area contributed by atoms with Gasteiger partial charge >= 0.3 is 17.7 Å². The number of ether oxygens (including phenoxy) is 4. The van der Waals surface area contributed by atoms with Crippen molar-refractivity contribution in [1.29, 1.82) is 0 Å². The molecule has 0 aliphatic rings. The van der Waals surface area contributed by atoms with Crippen LogP contribution in [0.1, 0.15) is 0 Å². The molecule has 76 valence electrons. The Labute approximate surface area is 75.7 Å². The predicted octanol–water partition coefficient (Wildman–Crippen LogP) is -0.679. The van der Waals surface area contributed by atoms with Crippen LogP contribution in [0.2, 0.25) is 0 Å².